The van der Waals surface area contributed by atoms with Gasteiger partial charge in [-0.15, -0.1) is 0 Å². The second-order valence-electron chi connectivity index (χ2n) is 27.0. The van der Waals surface area contributed by atoms with Crippen molar-refractivity contribution < 1.29 is 149 Å². The summed E-state index contributed by atoms with van der Waals surface area (Å²) in [6.07, 6.45) is -5.18. The van der Waals surface area contributed by atoms with Gasteiger partial charge in [0.15, 0.2) is 24.6 Å². The van der Waals surface area contributed by atoms with Gasteiger partial charge in [0.2, 0.25) is 47.1 Å². The number of methoxy groups -OCH3 is 2. The topological polar surface area (TPSA) is 516 Å². The number of rotatable bonds is 46. The van der Waals surface area contributed by atoms with Crippen molar-refractivity contribution in [3.63, 3.8) is 0 Å². The van der Waals surface area contributed by atoms with Crippen LogP contribution in [0.4, 0.5) is 0 Å². The molecule has 11 N–H and O–H groups in total. The van der Waals surface area contributed by atoms with E-state index in [1.165, 1.54) is 44.6 Å². The number of nitrogens with zero attached hydrogens (tertiary/aromatic N) is 2. The Bertz CT molecular complexity index is 3740. The number of aliphatic hydroxyl groups is 1. The van der Waals surface area contributed by atoms with E-state index >= 15 is 0 Å². The van der Waals surface area contributed by atoms with Crippen LogP contribution in [-0.4, -0.2) is 355 Å². The quantitative estimate of drug-likeness (QED) is 0.0143. The maximum absolute atomic E-state index is 14.7. The third kappa shape index (κ3) is 23.2. The van der Waals surface area contributed by atoms with Crippen LogP contribution < -0.4 is 47.3 Å². The van der Waals surface area contributed by atoms with E-state index < -0.39 is 200 Å². The number of aromatic hydroxyl groups is 2. The fraction of sp³-hybridized carbons (Fsp3) is 0.639. The highest BCUT2D eigenvalue weighted by atomic mass is 16.7. The Morgan fingerprint density at radius 2 is 1.08 bits per heavy atom. The summed E-state index contributed by atoms with van der Waals surface area (Å²) >= 11 is 0. The van der Waals surface area contributed by atoms with Gasteiger partial charge in [0.05, 0.1) is 200 Å². The zero-order valence-electron chi connectivity index (χ0n) is 62.8. The zero-order chi connectivity index (χ0) is 80.6. The lowest BCUT2D eigenvalue weighted by molar-refractivity contribution is -0.256. The van der Waals surface area contributed by atoms with Gasteiger partial charge in [-0.2, -0.15) is 0 Å². The summed E-state index contributed by atoms with van der Waals surface area (Å²) in [6.45, 7) is 4.32. The lowest BCUT2D eigenvalue weighted by atomic mass is 9.72. The normalized spacial score (nSPS) is 24.6. The summed E-state index contributed by atoms with van der Waals surface area (Å²) in [6, 6.07) is 2.35. The van der Waals surface area contributed by atoms with Crippen molar-refractivity contribution in [2.24, 2.45) is 0 Å². The number of nitrogens with one attached hydrogen (secondary N) is 8. The molecule has 5 saturated heterocycles. The Morgan fingerprint density at radius 3 is 1.63 bits per heavy atom. The molecule has 0 saturated carbocycles. The van der Waals surface area contributed by atoms with Crippen molar-refractivity contribution in [2.45, 2.75) is 106 Å². The van der Waals surface area contributed by atoms with E-state index in [0.29, 0.717) is 85.8 Å². The number of carbonyl (C=O) groups excluding carboxylic acids is 12. The number of benzene rings is 2. The molecule has 0 aromatic heterocycles. The monoisotopic (exact) mass is 1600 g/mol. The van der Waals surface area contributed by atoms with Crippen molar-refractivity contribution in [1.29, 1.82) is 0 Å². The summed E-state index contributed by atoms with van der Waals surface area (Å²) < 4.78 is 91.6. The first-order valence-corrected chi connectivity index (χ1v) is 37.1. The number of phenolic OH excluding ortho intramolecular Hbond substituents is 2. The first-order valence-electron chi connectivity index (χ1n) is 37.1. The SMILES string of the molecule is COc1cccc2c1C(=O)c1c(O)c3c(c(O)c1C2=O)C[C@@](O)(C(=O)N[C@H]1CO[C@H]2[C@@H]1OC[C@@H]2NC(=O)CNC(=O)CNC(=O)CNC(=O)CNC(=O)CNC(=O)COCCOCCOCCOCCOCCOCCOCCOCCNC(=O)CCN1C(=O)C=CC1=O)C[C@@H]3O[C@H]1C[C@H]2[C@H](O[C@@H]3[C@@H](OC)OCCN32)[C@H](C)O1. The van der Waals surface area contributed by atoms with E-state index in [1.807, 2.05) is 0 Å². The zero-order valence-corrected chi connectivity index (χ0v) is 62.8. The molecule has 41 nitrogen and oxygen atoms in total. The van der Waals surface area contributed by atoms with Crippen LogP contribution in [-0.2, 0) is 125 Å². The van der Waals surface area contributed by atoms with Crippen LogP contribution >= 0.6 is 0 Å². The number of imide groups is 1. The van der Waals surface area contributed by atoms with Gasteiger partial charge in [0.1, 0.15) is 47.8 Å². The van der Waals surface area contributed by atoms with Crippen LogP contribution in [0.2, 0.25) is 0 Å². The molecule has 2 aliphatic carbocycles. The van der Waals surface area contributed by atoms with Crippen molar-refractivity contribution in [1.82, 2.24) is 52.3 Å². The summed E-state index contributed by atoms with van der Waals surface area (Å²) in [5.74, 6) is -9.46. The molecule has 0 bridgehead atoms. The Balaban J connectivity index is 0.532. The standard InChI is InChI=1S/C72H98N10O31/c1-40-66-45(81-12-14-108-70(99-3)69(81)113-66)29-57(111-40)112-47-31-72(97,30-42-59(47)65(95)61-60(63(42)93)62(92)41-5-4-6-46(98-2)58(41)64(61)94)71(96)80-44-38-110-67-43(37-109-68(44)67)79-53(88)36-77-51(86)34-75-49(84)32-74-50(85)33-76-52(87)35-78-54(89)39-107-28-27-106-26-25-105-24-23-104-22-21-103-20-19-102-18-17-101-16-15-100-13-10-73-48(83)9-11-82-55(90)7-8-56(82)91/h4-8,40,43-45,47,57,66-70,93,95,97H,9-39H2,1-3H3,(H,73,83)(H,74,85)(H,75,84)(H,76,87)(H,77,86)(H,78,89)(H,79,88)(H,80,96)/t40-,43-,44-,45-,47-,57-,66+,67+,68+,69+,70-,72-/m0/s1. The molecule has 2 aromatic carbocycles. The number of morpholine rings is 1. The predicted octanol–water partition coefficient (Wildman–Crippen LogP) is -5.94. The lowest BCUT2D eigenvalue weighted by Crippen LogP contribution is -2.57. The average molecular weight is 1600 g/mol. The number of carbonyl (C=O) groups is 12. The number of phenols is 2. The van der Waals surface area contributed by atoms with Gasteiger partial charge >= 0.3 is 0 Å². The molecule has 10 amide bonds. The van der Waals surface area contributed by atoms with Crippen molar-refractivity contribution in [3.8, 4) is 17.2 Å². The van der Waals surface area contributed by atoms with Crippen LogP contribution in [0.3, 0.4) is 0 Å². The molecular formula is C72H98N10O31. The van der Waals surface area contributed by atoms with Gasteiger partial charge in [-0.1, -0.05) is 12.1 Å². The van der Waals surface area contributed by atoms with Crippen molar-refractivity contribution >= 4 is 70.6 Å². The molecule has 0 radical (unpaired) electrons. The molecule has 41 heteroatoms. The fourth-order valence-corrected chi connectivity index (χ4v) is 13.9. The smallest absolute Gasteiger partial charge is 0.253 e. The Labute approximate surface area is 648 Å². The van der Waals surface area contributed by atoms with Crippen LogP contribution in [0.5, 0.6) is 17.2 Å². The van der Waals surface area contributed by atoms with Crippen molar-refractivity contribution in [2.75, 3.05) is 192 Å². The number of fused-ring (bicyclic) bond motifs is 7. The largest absolute Gasteiger partial charge is 0.507 e. The summed E-state index contributed by atoms with van der Waals surface area (Å²) in [7, 11) is 2.82. The minimum atomic E-state index is -2.44. The number of hydrogen-bond donors (Lipinski definition) is 11. The highest BCUT2D eigenvalue weighted by Gasteiger charge is 2.57. The summed E-state index contributed by atoms with van der Waals surface area (Å²) in [5, 5.41) is 56.8. The number of ether oxygens (including phenoxy) is 16. The molecule has 0 unspecified atom stereocenters. The Hall–Kier alpha value is -8.86. The number of ketones is 2. The van der Waals surface area contributed by atoms with Crippen molar-refractivity contribution in [3.05, 3.63) is 63.7 Å². The highest BCUT2D eigenvalue weighted by molar-refractivity contribution is 6.31. The van der Waals surface area contributed by atoms with Gasteiger partial charge in [-0.3, -0.25) is 67.3 Å². The van der Waals surface area contributed by atoms with Gasteiger partial charge < -0.3 is 134 Å². The number of hydrogen-bond acceptors (Lipinski definition) is 32. The van der Waals surface area contributed by atoms with Gasteiger partial charge in [-0.05, 0) is 13.0 Å². The molecular weight excluding hydrogens is 1500 g/mol. The first-order chi connectivity index (χ1) is 54.6. The third-order valence-electron chi connectivity index (χ3n) is 19.4. The molecule has 5 fully saturated rings. The molecule has 8 aliphatic rings. The van der Waals surface area contributed by atoms with E-state index in [9.17, 15) is 72.9 Å². The summed E-state index contributed by atoms with van der Waals surface area (Å²) in [4.78, 5) is 156. The maximum atomic E-state index is 14.7. The van der Waals surface area contributed by atoms with Crippen LogP contribution in [0, 0.1) is 0 Å². The molecule has 0 spiro atoms. The average Bonchev–Trinajstić information content (AvgIpc) is 1.52. The maximum Gasteiger partial charge on any atom is 0.253 e. The van der Waals surface area contributed by atoms with Crippen LogP contribution in [0.15, 0.2) is 30.4 Å². The molecule has 2 aromatic rings. The molecule has 10 rings (SSSR count). The second kappa shape index (κ2) is 42.5. The molecule has 6 aliphatic heterocycles. The molecule has 6 heterocycles. The second-order valence-corrected chi connectivity index (χ2v) is 27.0. The van der Waals surface area contributed by atoms with Gasteiger partial charge in [0, 0.05) is 87.3 Å². The third-order valence-corrected chi connectivity index (χ3v) is 19.4. The fourth-order valence-electron chi connectivity index (χ4n) is 13.9. The molecule has 12 atom stereocenters. The van der Waals surface area contributed by atoms with E-state index in [0.717, 1.165) is 4.90 Å². The van der Waals surface area contributed by atoms with E-state index in [2.05, 4.69) is 47.4 Å². The first kappa shape index (κ1) is 86.5. The minimum absolute atomic E-state index is 0.0135. The summed E-state index contributed by atoms with van der Waals surface area (Å²) in [5.41, 5.74) is -4.11. The minimum Gasteiger partial charge on any atom is -0.507 e. The van der Waals surface area contributed by atoms with E-state index in [-0.39, 0.29) is 112 Å². The Kier molecular flexibility index (Phi) is 32.5. The van der Waals surface area contributed by atoms with E-state index in [4.69, 9.17) is 75.8 Å². The van der Waals surface area contributed by atoms with Crippen LogP contribution in [0.25, 0.3) is 0 Å². The highest BCUT2D eigenvalue weighted by Crippen LogP contribution is 2.53. The number of amides is 10. The Morgan fingerprint density at radius 1 is 0.566 bits per heavy atom. The van der Waals surface area contributed by atoms with E-state index in [1.54, 1.807) is 6.92 Å². The molecule has 113 heavy (non-hydrogen) atoms. The van der Waals surface area contributed by atoms with Gasteiger partial charge in [0.25, 0.3) is 17.7 Å². The van der Waals surface area contributed by atoms with Crippen LogP contribution in [0.1, 0.15) is 75.3 Å². The van der Waals surface area contributed by atoms with Gasteiger partial charge in [-0.25, -0.2) is 0 Å². The predicted molar refractivity (Wildman–Crippen MR) is 380 cm³/mol. The molecule has 622 valence electrons. The lowest BCUT2D eigenvalue weighted by Gasteiger charge is -2.43.